The van der Waals surface area contributed by atoms with Crippen LogP contribution in [0.3, 0.4) is 0 Å². The van der Waals surface area contributed by atoms with Gasteiger partial charge in [0, 0.05) is 0 Å². The topological polar surface area (TPSA) is 0 Å². The summed E-state index contributed by atoms with van der Waals surface area (Å²) in [5.41, 5.74) is 3.83. The number of rotatable bonds is 0. The highest BCUT2D eigenvalue weighted by atomic mass is 14.2. The van der Waals surface area contributed by atoms with E-state index >= 15 is 0 Å². The quantitative estimate of drug-likeness (QED) is 0.505. The second-order valence-corrected chi connectivity index (χ2v) is 7.28. The van der Waals surface area contributed by atoms with Crippen LogP contribution in [-0.4, -0.2) is 0 Å². The van der Waals surface area contributed by atoms with Crippen LogP contribution in [0.4, 0.5) is 0 Å². The van der Waals surface area contributed by atoms with Crippen LogP contribution in [0.25, 0.3) is 0 Å². The van der Waals surface area contributed by atoms with Crippen molar-refractivity contribution in [1.82, 2.24) is 0 Å². The predicted molar refractivity (Wildman–Crippen MR) is 73.5 cm³/mol. The van der Waals surface area contributed by atoms with Crippen molar-refractivity contribution in [2.45, 2.75) is 67.2 Å². The molecule has 0 unspecified atom stereocenters. The zero-order valence-corrected chi connectivity index (χ0v) is 12.0. The molecule has 0 N–H and O–H groups in total. The summed E-state index contributed by atoms with van der Waals surface area (Å²) in [6.45, 7) is 13.8. The summed E-state index contributed by atoms with van der Waals surface area (Å²) in [6.07, 6.45) is 10.2. The Morgan fingerprint density at radius 3 is 1.25 bits per heavy atom. The minimum atomic E-state index is 0.309. The maximum Gasteiger partial charge on any atom is -0.0197 e. The second-order valence-electron chi connectivity index (χ2n) is 7.28. The van der Waals surface area contributed by atoms with E-state index in [1.807, 2.05) is 0 Å². The average Bonchev–Trinajstić information content (AvgIpc) is 2.03. The average molecular weight is 220 g/mol. The summed E-state index contributed by atoms with van der Waals surface area (Å²) in [4.78, 5) is 0. The molecule has 0 aromatic rings. The van der Waals surface area contributed by atoms with E-state index in [0.29, 0.717) is 10.8 Å². The molecule has 1 saturated carbocycles. The molecule has 0 nitrogen and oxygen atoms in total. The second kappa shape index (κ2) is 4.77. The van der Waals surface area contributed by atoms with Gasteiger partial charge in [-0.25, -0.2) is 0 Å². The maximum absolute atomic E-state index is 2.48. The van der Waals surface area contributed by atoms with E-state index < -0.39 is 0 Å². The fourth-order valence-corrected chi connectivity index (χ4v) is 2.33. The molecule has 0 aromatic heterocycles. The van der Waals surface area contributed by atoms with E-state index in [1.54, 1.807) is 11.1 Å². The Balaban J connectivity index is 2.97. The third kappa shape index (κ3) is 5.01. The molecule has 0 bridgehead atoms. The summed E-state index contributed by atoms with van der Waals surface area (Å²) >= 11 is 0. The molecular formula is C16H28. The van der Waals surface area contributed by atoms with Crippen molar-refractivity contribution < 1.29 is 0 Å². The lowest BCUT2D eigenvalue weighted by Crippen LogP contribution is -2.09. The van der Waals surface area contributed by atoms with Crippen LogP contribution < -0.4 is 0 Å². The summed E-state index contributed by atoms with van der Waals surface area (Å²) in [6, 6.07) is 0. The minimum absolute atomic E-state index is 0.309. The Labute approximate surface area is 102 Å². The molecule has 0 aromatic carbocycles. The molecule has 92 valence electrons. The summed E-state index contributed by atoms with van der Waals surface area (Å²) in [5, 5.41) is 0. The molecule has 0 atom stereocenters. The van der Waals surface area contributed by atoms with Gasteiger partial charge in [-0.1, -0.05) is 53.7 Å². The van der Waals surface area contributed by atoms with Crippen LogP contribution in [0, 0.1) is 10.8 Å². The molecule has 1 fully saturated rings. The molecule has 16 heavy (non-hydrogen) atoms. The zero-order valence-electron chi connectivity index (χ0n) is 12.0. The molecule has 1 aliphatic carbocycles. The summed E-state index contributed by atoms with van der Waals surface area (Å²) in [7, 11) is 0. The molecule has 1 rings (SSSR count). The van der Waals surface area contributed by atoms with Gasteiger partial charge in [-0.05, 0) is 47.7 Å². The number of hydrogen-bond donors (Lipinski definition) is 0. The summed E-state index contributed by atoms with van der Waals surface area (Å²) in [5.74, 6) is 0. The fourth-order valence-electron chi connectivity index (χ4n) is 2.33. The highest BCUT2D eigenvalue weighted by molar-refractivity contribution is 5.35. The van der Waals surface area contributed by atoms with Crippen LogP contribution in [0.5, 0.6) is 0 Å². The fraction of sp³-hybridized carbons (Fsp3) is 0.750. The number of allylic oxidation sites excluding steroid dienone is 4. The molecule has 0 spiro atoms. The van der Waals surface area contributed by atoms with E-state index in [-0.39, 0.29) is 0 Å². The molecule has 0 heterocycles. The lowest BCUT2D eigenvalue weighted by molar-refractivity contribution is 0.519. The lowest BCUT2D eigenvalue weighted by atomic mass is 9.80. The van der Waals surface area contributed by atoms with Crippen LogP contribution >= 0.6 is 0 Å². The first-order chi connectivity index (χ1) is 7.17. The van der Waals surface area contributed by atoms with Crippen molar-refractivity contribution in [2.75, 3.05) is 0 Å². The van der Waals surface area contributed by atoms with Crippen LogP contribution in [-0.2, 0) is 0 Å². The summed E-state index contributed by atoms with van der Waals surface area (Å²) < 4.78 is 0. The van der Waals surface area contributed by atoms with Crippen LogP contribution in [0.2, 0.25) is 0 Å². The monoisotopic (exact) mass is 220 g/mol. The Bertz CT molecular complexity index is 257. The van der Waals surface area contributed by atoms with E-state index in [9.17, 15) is 0 Å². The van der Waals surface area contributed by atoms with Gasteiger partial charge in [0.2, 0.25) is 0 Å². The minimum Gasteiger partial charge on any atom is -0.0757 e. The Morgan fingerprint density at radius 2 is 1.00 bits per heavy atom. The third-order valence-corrected chi connectivity index (χ3v) is 2.77. The first-order valence-corrected chi connectivity index (χ1v) is 6.61. The van der Waals surface area contributed by atoms with Crippen molar-refractivity contribution >= 4 is 0 Å². The normalized spacial score (nSPS) is 24.1. The Kier molecular flexibility index (Phi) is 4.04. The Morgan fingerprint density at radius 1 is 0.688 bits per heavy atom. The largest absolute Gasteiger partial charge is 0.0757 e. The van der Waals surface area contributed by atoms with Gasteiger partial charge in [0.25, 0.3) is 0 Å². The first-order valence-electron chi connectivity index (χ1n) is 6.61. The molecular weight excluding hydrogens is 192 g/mol. The Hall–Kier alpha value is -0.520. The predicted octanol–water partition coefficient (Wildman–Crippen LogP) is 5.51. The molecule has 0 radical (unpaired) electrons. The lowest BCUT2D eigenvalue weighted by Gasteiger charge is -2.25. The van der Waals surface area contributed by atoms with Gasteiger partial charge in [-0.15, -0.1) is 0 Å². The highest BCUT2D eigenvalue weighted by Crippen LogP contribution is 2.34. The number of hydrogen-bond acceptors (Lipinski definition) is 0. The maximum atomic E-state index is 2.48. The molecule has 0 aliphatic heterocycles. The van der Waals surface area contributed by atoms with Gasteiger partial charge >= 0.3 is 0 Å². The van der Waals surface area contributed by atoms with Crippen molar-refractivity contribution in [3.05, 3.63) is 23.3 Å². The first kappa shape index (κ1) is 13.5. The van der Waals surface area contributed by atoms with Crippen molar-refractivity contribution in [3.8, 4) is 0 Å². The molecule has 0 heteroatoms. The molecule has 1 aliphatic rings. The van der Waals surface area contributed by atoms with Gasteiger partial charge in [0.15, 0.2) is 0 Å². The van der Waals surface area contributed by atoms with E-state index in [4.69, 9.17) is 0 Å². The molecule has 0 amide bonds. The van der Waals surface area contributed by atoms with Crippen molar-refractivity contribution in [1.29, 1.82) is 0 Å². The third-order valence-electron chi connectivity index (χ3n) is 2.77. The van der Waals surface area contributed by atoms with Crippen LogP contribution in [0.1, 0.15) is 67.2 Å². The zero-order chi connectivity index (χ0) is 12.4. The van der Waals surface area contributed by atoms with E-state index in [1.165, 1.54) is 25.7 Å². The standard InChI is InChI=1S/C16H28/c1-15(2,3)11-13-9-7-8-10-14(13)12-16(4,5)6/h11-12H,7-10H2,1-6H3. The van der Waals surface area contributed by atoms with Gasteiger partial charge in [-0.2, -0.15) is 0 Å². The van der Waals surface area contributed by atoms with Crippen LogP contribution in [0.15, 0.2) is 23.3 Å². The van der Waals surface area contributed by atoms with Crippen molar-refractivity contribution in [2.24, 2.45) is 10.8 Å². The van der Waals surface area contributed by atoms with E-state index in [0.717, 1.165) is 0 Å². The van der Waals surface area contributed by atoms with Crippen molar-refractivity contribution in [3.63, 3.8) is 0 Å². The van der Waals surface area contributed by atoms with Gasteiger partial charge < -0.3 is 0 Å². The molecule has 0 saturated heterocycles. The SMILES string of the molecule is CC(C)(C)C=C1CCCCC1=CC(C)(C)C. The smallest absolute Gasteiger partial charge is 0.0197 e. The van der Waals surface area contributed by atoms with Gasteiger partial charge in [-0.3, -0.25) is 0 Å². The van der Waals surface area contributed by atoms with E-state index in [2.05, 4.69) is 53.7 Å². The van der Waals surface area contributed by atoms with Gasteiger partial charge in [0.05, 0.1) is 0 Å². The van der Waals surface area contributed by atoms with Gasteiger partial charge in [0.1, 0.15) is 0 Å². The highest BCUT2D eigenvalue weighted by Gasteiger charge is 2.17.